The summed E-state index contributed by atoms with van der Waals surface area (Å²) in [6.45, 7) is 6.54. The molecule has 2 aromatic rings. The van der Waals surface area contributed by atoms with Gasteiger partial charge in [0.15, 0.2) is 15.4 Å². The Morgan fingerprint density at radius 1 is 1.21 bits per heavy atom. The predicted octanol–water partition coefficient (Wildman–Crippen LogP) is 6.20. The number of amides is 1. The lowest BCUT2D eigenvalue weighted by atomic mass is 9.85. The normalized spacial score (nSPS) is 25.0. The molecule has 1 saturated carbocycles. The lowest BCUT2D eigenvalue weighted by Gasteiger charge is -2.52. The summed E-state index contributed by atoms with van der Waals surface area (Å²) in [5.74, 6) is -1.40. The van der Waals surface area contributed by atoms with Crippen molar-refractivity contribution in [3.63, 3.8) is 0 Å². The van der Waals surface area contributed by atoms with E-state index in [0.29, 0.717) is 16.1 Å². The number of carbonyl (C=O) groups excluding carboxylic acids is 1. The third kappa shape index (κ3) is 6.27. The molecule has 4 atom stereocenters. The molecule has 1 unspecified atom stereocenters. The lowest BCUT2D eigenvalue weighted by Crippen LogP contribution is -2.62. The van der Waals surface area contributed by atoms with Crippen LogP contribution in [-0.4, -0.2) is 46.4 Å². The Balaban J connectivity index is 1.97. The molecule has 0 spiro atoms. The maximum atomic E-state index is 14.8. The monoisotopic (exact) mass is 614 g/mol. The van der Waals surface area contributed by atoms with Crippen LogP contribution in [0.1, 0.15) is 70.2 Å². The summed E-state index contributed by atoms with van der Waals surface area (Å²) < 4.78 is 47.4. The molecule has 39 heavy (non-hydrogen) atoms. The van der Waals surface area contributed by atoms with Crippen molar-refractivity contribution in [3.8, 4) is 0 Å². The van der Waals surface area contributed by atoms with Crippen molar-refractivity contribution in [2.24, 2.45) is 11.7 Å². The van der Waals surface area contributed by atoms with Crippen LogP contribution in [0.2, 0.25) is 10.0 Å². The minimum absolute atomic E-state index is 0.0436. The summed E-state index contributed by atoms with van der Waals surface area (Å²) in [4.78, 5) is 16.1. The van der Waals surface area contributed by atoms with Crippen LogP contribution in [0.15, 0.2) is 42.5 Å². The van der Waals surface area contributed by atoms with Gasteiger partial charge in [-0.15, -0.1) is 0 Å². The number of thiocarbonyl (C=S) groups is 1. The van der Waals surface area contributed by atoms with E-state index < -0.39 is 50.1 Å². The number of halogens is 3. The van der Waals surface area contributed by atoms with Crippen molar-refractivity contribution in [1.82, 2.24) is 4.90 Å². The molecule has 11 heteroatoms. The van der Waals surface area contributed by atoms with Crippen LogP contribution in [0.25, 0.3) is 0 Å². The standard InChI is InChI=1S/C28H33Cl2FN2O4S2/c1-27(2,3)39(35,36)15-22(16-8-9-16)33-24(17-10-11-20(30)21(31)13-17)25(18-6-5-7-19(29)12-18)37-28(4,26(33)34)14-23(32)38/h5-7,10-13,16,22,24-25H,8-9,14-15H2,1-4H3,(H2,32,38)/t22-,24?,25-,28+/m1/s1. The zero-order valence-electron chi connectivity index (χ0n) is 22.3. The Morgan fingerprint density at radius 2 is 1.87 bits per heavy atom. The highest BCUT2D eigenvalue weighted by atomic mass is 35.5. The second-order valence-electron chi connectivity index (χ2n) is 11.6. The molecule has 1 aliphatic heterocycles. The number of hydrogen-bond acceptors (Lipinski definition) is 5. The third-order valence-electron chi connectivity index (χ3n) is 7.48. The highest BCUT2D eigenvalue weighted by Gasteiger charge is 2.56. The van der Waals surface area contributed by atoms with Gasteiger partial charge >= 0.3 is 0 Å². The maximum Gasteiger partial charge on any atom is 0.255 e. The van der Waals surface area contributed by atoms with E-state index in [9.17, 15) is 17.6 Å². The Labute approximate surface area is 244 Å². The molecule has 1 saturated heterocycles. The van der Waals surface area contributed by atoms with Gasteiger partial charge in [0.25, 0.3) is 5.91 Å². The van der Waals surface area contributed by atoms with E-state index in [0.717, 1.165) is 12.8 Å². The average Bonchev–Trinajstić information content (AvgIpc) is 3.65. The van der Waals surface area contributed by atoms with Crippen molar-refractivity contribution in [2.75, 3.05) is 5.75 Å². The van der Waals surface area contributed by atoms with Crippen molar-refractivity contribution in [3.05, 3.63) is 69.5 Å². The van der Waals surface area contributed by atoms with Crippen molar-refractivity contribution in [2.45, 2.75) is 75.5 Å². The molecule has 2 aliphatic rings. The second-order valence-corrected chi connectivity index (χ2v) is 15.8. The van der Waals surface area contributed by atoms with Gasteiger partial charge in [0, 0.05) is 17.5 Å². The summed E-state index contributed by atoms with van der Waals surface area (Å²) in [7, 11) is -3.65. The summed E-state index contributed by atoms with van der Waals surface area (Å²) >= 11 is 17.5. The molecule has 1 amide bonds. The van der Waals surface area contributed by atoms with Gasteiger partial charge in [-0.1, -0.05) is 53.6 Å². The lowest BCUT2D eigenvalue weighted by molar-refractivity contribution is -0.201. The number of hydrogen-bond donors (Lipinski definition) is 1. The van der Waals surface area contributed by atoms with Gasteiger partial charge in [0.2, 0.25) is 0 Å². The van der Waals surface area contributed by atoms with Gasteiger partial charge in [0.1, 0.15) is 11.9 Å². The number of nitrogens with zero attached hydrogens (tertiary/aromatic N) is 1. The summed E-state index contributed by atoms with van der Waals surface area (Å²) in [5, 5.41) is 0.380. The van der Waals surface area contributed by atoms with Crippen molar-refractivity contribution < 1.29 is 22.3 Å². The molecule has 4 rings (SSSR count). The number of sulfone groups is 1. The number of ether oxygens (including phenoxy) is 1. The highest BCUT2D eigenvalue weighted by molar-refractivity contribution is 7.92. The zero-order valence-corrected chi connectivity index (χ0v) is 25.4. The van der Waals surface area contributed by atoms with E-state index in [1.54, 1.807) is 56.9 Å². The third-order valence-corrected chi connectivity index (χ3v) is 10.8. The van der Waals surface area contributed by atoms with E-state index in [2.05, 4.69) is 0 Å². The Morgan fingerprint density at radius 3 is 2.41 bits per heavy atom. The fourth-order valence-electron chi connectivity index (χ4n) is 5.11. The first-order chi connectivity index (χ1) is 18.0. The molecule has 2 N–H and O–H groups in total. The van der Waals surface area contributed by atoms with Crippen LogP contribution in [0.5, 0.6) is 0 Å². The molecular weight excluding hydrogens is 582 g/mol. The number of morpholine rings is 1. The summed E-state index contributed by atoms with van der Waals surface area (Å²) in [6.07, 6.45) is 0.648. The molecule has 2 aromatic carbocycles. The van der Waals surface area contributed by atoms with E-state index in [1.807, 2.05) is 6.07 Å². The SMILES string of the molecule is CC(C)(C)S(=O)(=O)C[C@H](C1CC1)N1C(=O)[C@](C)(CC(N)=S)O[C@H](c2cccc(Cl)c2)C1c1ccc(Cl)c(F)c1. The van der Waals surface area contributed by atoms with E-state index in [4.69, 9.17) is 45.9 Å². The largest absolute Gasteiger partial charge is 0.393 e. The number of carbonyl (C=O) groups is 1. The smallest absolute Gasteiger partial charge is 0.255 e. The fourth-order valence-corrected chi connectivity index (χ4v) is 7.09. The minimum atomic E-state index is -3.65. The van der Waals surface area contributed by atoms with Crippen molar-refractivity contribution >= 4 is 56.2 Å². The Kier molecular flexibility index (Phi) is 8.43. The van der Waals surface area contributed by atoms with Crippen LogP contribution in [0.4, 0.5) is 4.39 Å². The average molecular weight is 616 g/mol. The number of benzene rings is 2. The molecule has 212 valence electrons. The molecule has 0 bridgehead atoms. The number of nitrogens with two attached hydrogens (primary N) is 1. The van der Waals surface area contributed by atoms with Gasteiger partial charge < -0.3 is 15.4 Å². The highest BCUT2D eigenvalue weighted by Crippen LogP contribution is 2.51. The van der Waals surface area contributed by atoms with Crippen LogP contribution in [-0.2, 0) is 19.4 Å². The zero-order chi connectivity index (χ0) is 28.9. The first kappa shape index (κ1) is 30.2. The summed E-state index contributed by atoms with van der Waals surface area (Å²) in [6, 6.07) is 9.78. The minimum Gasteiger partial charge on any atom is -0.393 e. The van der Waals surface area contributed by atoms with Gasteiger partial charge in [0.05, 0.1) is 26.6 Å². The van der Waals surface area contributed by atoms with Gasteiger partial charge in [-0.3, -0.25) is 4.79 Å². The van der Waals surface area contributed by atoms with E-state index in [1.165, 1.54) is 12.1 Å². The van der Waals surface area contributed by atoms with Crippen LogP contribution >= 0.6 is 35.4 Å². The first-order valence-electron chi connectivity index (χ1n) is 12.8. The summed E-state index contributed by atoms with van der Waals surface area (Å²) in [5.41, 5.74) is 5.49. The topological polar surface area (TPSA) is 89.7 Å². The van der Waals surface area contributed by atoms with E-state index in [-0.39, 0.29) is 28.1 Å². The van der Waals surface area contributed by atoms with Crippen LogP contribution < -0.4 is 5.73 Å². The molecule has 0 radical (unpaired) electrons. The Bertz CT molecular complexity index is 1390. The van der Waals surface area contributed by atoms with E-state index >= 15 is 0 Å². The number of rotatable bonds is 8. The van der Waals surface area contributed by atoms with Gasteiger partial charge in [-0.05, 0) is 81.8 Å². The second kappa shape index (κ2) is 10.9. The molecule has 2 fully saturated rings. The molecule has 1 aliphatic carbocycles. The van der Waals surface area contributed by atoms with Gasteiger partial charge in [-0.2, -0.15) is 0 Å². The predicted molar refractivity (Wildman–Crippen MR) is 156 cm³/mol. The fraction of sp³-hybridized carbons (Fsp3) is 0.500. The van der Waals surface area contributed by atoms with Crippen LogP contribution in [0, 0.1) is 11.7 Å². The quantitative estimate of drug-likeness (QED) is 0.356. The van der Waals surface area contributed by atoms with Crippen LogP contribution in [0.3, 0.4) is 0 Å². The maximum absolute atomic E-state index is 14.8. The molecule has 0 aromatic heterocycles. The molecule has 1 heterocycles. The van der Waals surface area contributed by atoms with Gasteiger partial charge in [-0.25, -0.2) is 12.8 Å². The Hall–Kier alpha value is -1.78. The first-order valence-corrected chi connectivity index (χ1v) is 15.6. The van der Waals surface area contributed by atoms with Crippen molar-refractivity contribution in [1.29, 1.82) is 0 Å². The molecule has 6 nitrogen and oxygen atoms in total. The molecular formula is C28H33Cl2FN2O4S2.